The van der Waals surface area contributed by atoms with Crippen molar-refractivity contribution in [2.24, 2.45) is 0 Å². The molecule has 3 nitrogen and oxygen atoms in total. The van der Waals surface area contributed by atoms with E-state index in [-0.39, 0.29) is 5.97 Å². The number of nitrogens with zero attached hydrogens (tertiary/aromatic N) is 1. The van der Waals surface area contributed by atoms with E-state index < -0.39 is 0 Å². The summed E-state index contributed by atoms with van der Waals surface area (Å²) in [4.78, 5) is 15.9. The Balaban J connectivity index is 2.62. The Kier molecular flexibility index (Phi) is 3.19. The minimum Gasteiger partial charge on any atom is -0.462 e. The van der Waals surface area contributed by atoms with E-state index in [1.165, 1.54) is 0 Å². The number of carbonyl (C=O) groups is 1. The maximum absolute atomic E-state index is 11.7. The van der Waals surface area contributed by atoms with Crippen LogP contribution in [0.2, 0.25) is 0 Å². The molecule has 1 aromatic carbocycles. The highest BCUT2D eigenvalue weighted by molar-refractivity contribution is 9.10. The first-order valence-electron chi connectivity index (χ1n) is 4.94. The van der Waals surface area contributed by atoms with Crippen LogP contribution in [0.25, 0.3) is 10.9 Å². The average Bonchev–Trinajstić information content (AvgIpc) is 2.29. The van der Waals surface area contributed by atoms with Gasteiger partial charge in [0.25, 0.3) is 0 Å². The zero-order valence-electron chi connectivity index (χ0n) is 8.74. The van der Waals surface area contributed by atoms with Crippen LogP contribution in [-0.4, -0.2) is 17.6 Å². The van der Waals surface area contributed by atoms with Crippen LogP contribution in [0.15, 0.2) is 34.9 Å². The molecule has 1 heterocycles. The minimum atomic E-state index is -0.335. The number of carbonyl (C=O) groups excluding carboxylic acids is 1. The lowest BCUT2D eigenvalue weighted by Gasteiger charge is -2.05. The van der Waals surface area contributed by atoms with Crippen molar-refractivity contribution >= 4 is 32.8 Å². The number of ether oxygens (including phenoxy) is 1. The molecular formula is C12H10BrNO2. The van der Waals surface area contributed by atoms with Gasteiger partial charge < -0.3 is 4.74 Å². The van der Waals surface area contributed by atoms with Crippen molar-refractivity contribution in [1.29, 1.82) is 0 Å². The third-order valence-electron chi connectivity index (χ3n) is 2.21. The fourth-order valence-electron chi connectivity index (χ4n) is 1.52. The molecule has 0 atom stereocenters. The van der Waals surface area contributed by atoms with E-state index in [2.05, 4.69) is 20.9 Å². The molecule has 4 heteroatoms. The number of halogens is 1. The lowest BCUT2D eigenvalue weighted by molar-refractivity contribution is 0.0528. The minimum absolute atomic E-state index is 0.335. The van der Waals surface area contributed by atoms with E-state index in [0.29, 0.717) is 17.7 Å². The van der Waals surface area contributed by atoms with Crippen molar-refractivity contribution in [2.75, 3.05) is 6.61 Å². The Hall–Kier alpha value is -1.42. The summed E-state index contributed by atoms with van der Waals surface area (Å²) in [6.45, 7) is 2.15. The van der Waals surface area contributed by atoms with Gasteiger partial charge in [-0.25, -0.2) is 4.79 Å². The summed E-state index contributed by atoms with van der Waals surface area (Å²) >= 11 is 3.43. The molecule has 16 heavy (non-hydrogen) atoms. The first kappa shape index (κ1) is 11.1. The number of fused-ring (bicyclic) bond motifs is 1. The van der Waals surface area contributed by atoms with Crippen molar-refractivity contribution in [2.45, 2.75) is 6.92 Å². The van der Waals surface area contributed by atoms with Crippen LogP contribution in [-0.2, 0) is 4.74 Å². The zero-order valence-corrected chi connectivity index (χ0v) is 10.3. The largest absolute Gasteiger partial charge is 0.462 e. The van der Waals surface area contributed by atoms with Crippen LogP contribution in [0.5, 0.6) is 0 Å². The lowest BCUT2D eigenvalue weighted by Crippen LogP contribution is -2.05. The highest BCUT2D eigenvalue weighted by atomic mass is 79.9. The van der Waals surface area contributed by atoms with Gasteiger partial charge in [0.15, 0.2) is 0 Å². The van der Waals surface area contributed by atoms with Gasteiger partial charge in [-0.15, -0.1) is 0 Å². The highest BCUT2D eigenvalue weighted by Gasteiger charge is 2.12. The second-order valence-corrected chi connectivity index (χ2v) is 4.07. The molecule has 0 spiro atoms. The fourth-order valence-corrected chi connectivity index (χ4v) is 1.95. The van der Waals surface area contributed by atoms with Gasteiger partial charge in [0, 0.05) is 16.1 Å². The summed E-state index contributed by atoms with van der Waals surface area (Å²) < 4.78 is 5.90. The molecule has 0 aliphatic rings. The smallest absolute Gasteiger partial charge is 0.340 e. The Labute approximate surface area is 102 Å². The number of hydrogen-bond donors (Lipinski definition) is 0. The van der Waals surface area contributed by atoms with E-state index in [4.69, 9.17) is 4.74 Å². The van der Waals surface area contributed by atoms with Gasteiger partial charge >= 0.3 is 5.97 Å². The highest BCUT2D eigenvalue weighted by Crippen LogP contribution is 2.24. The third-order valence-corrected chi connectivity index (χ3v) is 2.90. The molecule has 0 fully saturated rings. The van der Waals surface area contributed by atoms with Crippen LogP contribution >= 0.6 is 15.9 Å². The summed E-state index contributed by atoms with van der Waals surface area (Å²) in [5.74, 6) is -0.335. The Morgan fingerprint density at radius 1 is 1.44 bits per heavy atom. The molecule has 0 aliphatic heterocycles. The molecule has 0 aliphatic carbocycles. The van der Waals surface area contributed by atoms with E-state index in [9.17, 15) is 4.79 Å². The number of para-hydroxylation sites is 1. The molecule has 0 unspecified atom stereocenters. The molecular weight excluding hydrogens is 270 g/mol. The maximum Gasteiger partial charge on any atom is 0.340 e. The molecule has 0 saturated carbocycles. The topological polar surface area (TPSA) is 39.2 Å². The standard InChI is InChI=1S/C12H10BrNO2/c1-2-16-12(15)9-5-3-4-8-10(13)6-7-14-11(8)9/h3-7H,2H2,1H3. The predicted molar refractivity (Wildman–Crippen MR) is 65.4 cm³/mol. The average molecular weight is 280 g/mol. The van der Waals surface area contributed by atoms with Crippen molar-refractivity contribution in [3.8, 4) is 0 Å². The zero-order chi connectivity index (χ0) is 11.5. The van der Waals surface area contributed by atoms with Gasteiger partial charge in [-0.05, 0) is 19.1 Å². The van der Waals surface area contributed by atoms with Gasteiger partial charge in [0.05, 0.1) is 17.7 Å². The molecule has 0 radical (unpaired) electrons. The first-order chi connectivity index (χ1) is 7.74. The SMILES string of the molecule is CCOC(=O)c1cccc2c(Br)ccnc12. The molecule has 0 bridgehead atoms. The predicted octanol–water partition coefficient (Wildman–Crippen LogP) is 3.17. The number of esters is 1. The molecule has 0 saturated heterocycles. The number of aromatic nitrogens is 1. The number of rotatable bonds is 2. The fraction of sp³-hybridized carbons (Fsp3) is 0.167. The summed E-state index contributed by atoms with van der Waals surface area (Å²) in [7, 11) is 0. The Bertz CT molecular complexity index is 540. The second-order valence-electron chi connectivity index (χ2n) is 3.21. The van der Waals surface area contributed by atoms with Gasteiger partial charge in [-0.3, -0.25) is 4.98 Å². The molecule has 82 valence electrons. The summed E-state index contributed by atoms with van der Waals surface area (Å²) in [5.41, 5.74) is 1.16. The van der Waals surface area contributed by atoms with Crippen molar-refractivity contribution in [1.82, 2.24) is 4.98 Å². The molecule has 0 N–H and O–H groups in total. The van der Waals surface area contributed by atoms with Crippen LogP contribution in [0, 0.1) is 0 Å². The molecule has 0 amide bonds. The van der Waals surface area contributed by atoms with Crippen LogP contribution < -0.4 is 0 Å². The van der Waals surface area contributed by atoms with E-state index in [1.54, 1.807) is 19.2 Å². The monoisotopic (exact) mass is 279 g/mol. The summed E-state index contributed by atoms with van der Waals surface area (Å²) in [6, 6.07) is 7.30. The van der Waals surface area contributed by atoms with Gasteiger partial charge in [-0.2, -0.15) is 0 Å². The van der Waals surface area contributed by atoms with Gasteiger partial charge in [0.2, 0.25) is 0 Å². The normalized spacial score (nSPS) is 10.4. The third kappa shape index (κ3) is 1.93. The van der Waals surface area contributed by atoms with Crippen LogP contribution in [0.4, 0.5) is 0 Å². The van der Waals surface area contributed by atoms with Crippen LogP contribution in [0.3, 0.4) is 0 Å². The Morgan fingerprint density at radius 3 is 3.00 bits per heavy atom. The second kappa shape index (κ2) is 4.61. The summed E-state index contributed by atoms with van der Waals surface area (Å²) in [5, 5.41) is 0.910. The molecule has 2 rings (SSSR count). The quantitative estimate of drug-likeness (QED) is 0.793. The number of benzene rings is 1. The van der Waals surface area contributed by atoms with Crippen LogP contribution in [0.1, 0.15) is 17.3 Å². The Morgan fingerprint density at radius 2 is 2.25 bits per heavy atom. The lowest BCUT2D eigenvalue weighted by atomic mass is 10.1. The summed E-state index contributed by atoms with van der Waals surface area (Å²) in [6.07, 6.45) is 1.66. The van der Waals surface area contributed by atoms with Crippen molar-refractivity contribution in [3.63, 3.8) is 0 Å². The van der Waals surface area contributed by atoms with Gasteiger partial charge in [-0.1, -0.05) is 28.1 Å². The first-order valence-corrected chi connectivity index (χ1v) is 5.73. The number of hydrogen-bond acceptors (Lipinski definition) is 3. The van der Waals surface area contributed by atoms with Crippen molar-refractivity contribution < 1.29 is 9.53 Å². The van der Waals surface area contributed by atoms with E-state index in [1.807, 2.05) is 18.2 Å². The maximum atomic E-state index is 11.7. The number of pyridine rings is 1. The van der Waals surface area contributed by atoms with Gasteiger partial charge in [0.1, 0.15) is 0 Å². The molecule has 2 aromatic rings. The van der Waals surface area contributed by atoms with Crippen molar-refractivity contribution in [3.05, 3.63) is 40.5 Å². The van der Waals surface area contributed by atoms with E-state index >= 15 is 0 Å². The van der Waals surface area contributed by atoms with E-state index in [0.717, 1.165) is 9.86 Å². The molecule has 1 aromatic heterocycles.